The SMILES string of the molecule is CC(CC(=O)O)N(C)c1ccc2c(c1)CCC(=O)N2. The van der Waals surface area contributed by atoms with Crippen molar-refractivity contribution in [3.63, 3.8) is 0 Å². The van der Waals surface area contributed by atoms with E-state index in [1.165, 1.54) is 0 Å². The van der Waals surface area contributed by atoms with E-state index in [0.29, 0.717) is 6.42 Å². The lowest BCUT2D eigenvalue weighted by molar-refractivity contribution is -0.137. The number of hydrogen-bond donors (Lipinski definition) is 2. The van der Waals surface area contributed by atoms with E-state index in [-0.39, 0.29) is 18.4 Å². The average molecular weight is 262 g/mol. The summed E-state index contributed by atoms with van der Waals surface area (Å²) in [6, 6.07) is 5.73. The van der Waals surface area contributed by atoms with Gasteiger partial charge >= 0.3 is 5.97 Å². The van der Waals surface area contributed by atoms with E-state index in [4.69, 9.17) is 5.11 Å². The highest BCUT2D eigenvalue weighted by Crippen LogP contribution is 2.28. The number of carboxylic acid groups (broad SMARTS) is 1. The molecule has 2 N–H and O–H groups in total. The molecule has 1 amide bonds. The van der Waals surface area contributed by atoms with E-state index in [1.54, 1.807) is 0 Å². The first kappa shape index (κ1) is 13.4. The summed E-state index contributed by atoms with van der Waals surface area (Å²) in [6.45, 7) is 1.88. The molecule has 102 valence electrons. The number of nitrogens with zero attached hydrogens (tertiary/aromatic N) is 1. The minimum absolute atomic E-state index is 0.0489. The Bertz CT molecular complexity index is 513. The minimum Gasteiger partial charge on any atom is -0.481 e. The molecule has 0 saturated heterocycles. The maximum absolute atomic E-state index is 11.3. The fourth-order valence-corrected chi connectivity index (χ4v) is 2.23. The first-order valence-corrected chi connectivity index (χ1v) is 6.35. The Hall–Kier alpha value is -2.04. The summed E-state index contributed by atoms with van der Waals surface area (Å²) in [5.74, 6) is -0.752. The standard InChI is InChI=1S/C14H18N2O3/c1-9(7-14(18)19)16(2)11-4-5-12-10(8-11)3-6-13(17)15-12/h4-5,8-9H,3,6-7H2,1-2H3,(H,15,17)(H,18,19). The molecule has 1 aliphatic rings. The zero-order chi connectivity index (χ0) is 14.0. The Morgan fingerprint density at radius 3 is 2.89 bits per heavy atom. The number of carboxylic acids is 1. The van der Waals surface area contributed by atoms with Crippen molar-refractivity contribution in [3.05, 3.63) is 23.8 Å². The zero-order valence-electron chi connectivity index (χ0n) is 11.1. The summed E-state index contributed by atoms with van der Waals surface area (Å²) in [7, 11) is 1.89. The quantitative estimate of drug-likeness (QED) is 0.869. The van der Waals surface area contributed by atoms with E-state index < -0.39 is 5.97 Å². The Kier molecular flexibility index (Phi) is 3.74. The maximum atomic E-state index is 11.3. The van der Waals surface area contributed by atoms with Crippen LogP contribution < -0.4 is 10.2 Å². The number of carbonyl (C=O) groups is 2. The zero-order valence-corrected chi connectivity index (χ0v) is 11.1. The Labute approximate surface area is 112 Å². The predicted octanol–water partition coefficient (Wildman–Crippen LogP) is 1.87. The molecule has 1 aliphatic heterocycles. The normalized spacial score (nSPS) is 15.4. The molecule has 0 radical (unpaired) electrons. The number of amides is 1. The van der Waals surface area contributed by atoms with Crippen molar-refractivity contribution in [2.24, 2.45) is 0 Å². The van der Waals surface area contributed by atoms with E-state index in [0.717, 1.165) is 23.4 Å². The van der Waals surface area contributed by atoms with Crippen LogP contribution in [-0.2, 0) is 16.0 Å². The summed E-state index contributed by atoms with van der Waals surface area (Å²) in [5.41, 5.74) is 2.94. The third kappa shape index (κ3) is 3.05. The number of fused-ring (bicyclic) bond motifs is 1. The molecule has 0 saturated carbocycles. The molecule has 5 heteroatoms. The lowest BCUT2D eigenvalue weighted by Crippen LogP contribution is -2.31. The van der Waals surface area contributed by atoms with Crippen LogP contribution >= 0.6 is 0 Å². The second-order valence-corrected chi connectivity index (χ2v) is 4.95. The summed E-state index contributed by atoms with van der Waals surface area (Å²) in [5, 5.41) is 11.7. The molecular weight excluding hydrogens is 244 g/mol. The van der Waals surface area contributed by atoms with Gasteiger partial charge in [0.15, 0.2) is 0 Å². The van der Waals surface area contributed by atoms with Crippen LogP contribution in [0.1, 0.15) is 25.3 Å². The van der Waals surface area contributed by atoms with Crippen molar-refractivity contribution in [2.75, 3.05) is 17.3 Å². The fraction of sp³-hybridized carbons (Fsp3) is 0.429. The van der Waals surface area contributed by atoms with Gasteiger partial charge in [0.25, 0.3) is 0 Å². The molecule has 0 aliphatic carbocycles. The van der Waals surface area contributed by atoms with Gasteiger partial charge < -0.3 is 15.3 Å². The second kappa shape index (κ2) is 5.30. The van der Waals surface area contributed by atoms with Crippen LogP contribution in [0.5, 0.6) is 0 Å². The molecule has 1 aromatic carbocycles. The topological polar surface area (TPSA) is 69.6 Å². The highest BCUT2D eigenvalue weighted by Gasteiger charge is 2.18. The molecule has 5 nitrogen and oxygen atoms in total. The third-order valence-corrected chi connectivity index (χ3v) is 3.52. The van der Waals surface area contributed by atoms with Gasteiger partial charge in [-0.1, -0.05) is 0 Å². The van der Waals surface area contributed by atoms with Gasteiger partial charge in [-0.05, 0) is 37.1 Å². The van der Waals surface area contributed by atoms with Gasteiger partial charge in [-0.25, -0.2) is 0 Å². The van der Waals surface area contributed by atoms with Gasteiger partial charge in [0.05, 0.1) is 6.42 Å². The summed E-state index contributed by atoms with van der Waals surface area (Å²) in [6.07, 6.45) is 1.34. The smallest absolute Gasteiger partial charge is 0.305 e. The molecule has 0 bridgehead atoms. The summed E-state index contributed by atoms with van der Waals surface area (Å²) < 4.78 is 0. The van der Waals surface area contributed by atoms with Crippen molar-refractivity contribution in [3.8, 4) is 0 Å². The van der Waals surface area contributed by atoms with Crippen molar-refractivity contribution >= 4 is 23.3 Å². The van der Waals surface area contributed by atoms with Gasteiger partial charge in [0.1, 0.15) is 0 Å². The molecular formula is C14H18N2O3. The summed E-state index contributed by atoms with van der Waals surface area (Å²) >= 11 is 0. The number of carbonyl (C=O) groups excluding carboxylic acids is 1. The number of aliphatic carboxylic acids is 1. The molecule has 1 atom stereocenters. The molecule has 1 heterocycles. The van der Waals surface area contributed by atoms with Gasteiger partial charge in [-0.15, -0.1) is 0 Å². The highest BCUT2D eigenvalue weighted by molar-refractivity contribution is 5.94. The minimum atomic E-state index is -0.801. The van der Waals surface area contributed by atoms with Gasteiger partial charge in [-0.2, -0.15) is 0 Å². The molecule has 1 aromatic rings. The predicted molar refractivity (Wildman–Crippen MR) is 73.5 cm³/mol. The fourth-order valence-electron chi connectivity index (χ4n) is 2.23. The van der Waals surface area contributed by atoms with Gasteiger partial charge in [0.2, 0.25) is 5.91 Å². The molecule has 2 rings (SSSR count). The van der Waals surface area contributed by atoms with Crippen molar-refractivity contribution in [1.82, 2.24) is 0 Å². The Balaban J connectivity index is 2.17. The van der Waals surface area contributed by atoms with Gasteiger partial charge in [0, 0.05) is 30.9 Å². The van der Waals surface area contributed by atoms with E-state index in [9.17, 15) is 9.59 Å². The van der Waals surface area contributed by atoms with Gasteiger partial charge in [-0.3, -0.25) is 9.59 Å². The number of benzene rings is 1. The van der Waals surface area contributed by atoms with E-state index >= 15 is 0 Å². The Morgan fingerprint density at radius 1 is 1.47 bits per heavy atom. The molecule has 0 fully saturated rings. The molecule has 1 unspecified atom stereocenters. The third-order valence-electron chi connectivity index (χ3n) is 3.52. The largest absolute Gasteiger partial charge is 0.481 e. The van der Waals surface area contributed by atoms with Crippen LogP contribution in [0, 0.1) is 0 Å². The number of anilines is 2. The maximum Gasteiger partial charge on any atom is 0.305 e. The van der Waals surface area contributed by atoms with E-state index in [2.05, 4.69) is 5.32 Å². The van der Waals surface area contributed by atoms with Crippen LogP contribution in [-0.4, -0.2) is 30.1 Å². The monoisotopic (exact) mass is 262 g/mol. The second-order valence-electron chi connectivity index (χ2n) is 4.95. The van der Waals surface area contributed by atoms with Crippen molar-refractivity contribution in [1.29, 1.82) is 0 Å². The van der Waals surface area contributed by atoms with Crippen LogP contribution in [0.3, 0.4) is 0 Å². The molecule has 19 heavy (non-hydrogen) atoms. The Morgan fingerprint density at radius 2 is 2.21 bits per heavy atom. The number of rotatable bonds is 4. The summed E-state index contributed by atoms with van der Waals surface area (Å²) in [4.78, 5) is 24.0. The van der Waals surface area contributed by atoms with Crippen LogP contribution in [0.2, 0.25) is 0 Å². The van der Waals surface area contributed by atoms with Crippen LogP contribution in [0.25, 0.3) is 0 Å². The number of nitrogens with one attached hydrogen (secondary N) is 1. The average Bonchev–Trinajstić information content (AvgIpc) is 2.36. The number of aryl methyl sites for hydroxylation is 1. The lowest BCUT2D eigenvalue weighted by Gasteiger charge is -2.27. The molecule has 0 spiro atoms. The first-order valence-electron chi connectivity index (χ1n) is 6.35. The number of hydrogen-bond acceptors (Lipinski definition) is 3. The molecule has 0 aromatic heterocycles. The van der Waals surface area contributed by atoms with Crippen LogP contribution in [0.15, 0.2) is 18.2 Å². The van der Waals surface area contributed by atoms with E-state index in [1.807, 2.05) is 37.1 Å². The lowest BCUT2D eigenvalue weighted by atomic mass is 10.0. The van der Waals surface area contributed by atoms with Crippen LogP contribution in [0.4, 0.5) is 11.4 Å². The first-order chi connectivity index (χ1) is 8.97. The van der Waals surface area contributed by atoms with Crippen molar-refractivity contribution < 1.29 is 14.7 Å². The van der Waals surface area contributed by atoms with Crippen molar-refractivity contribution in [2.45, 2.75) is 32.2 Å². The highest BCUT2D eigenvalue weighted by atomic mass is 16.4.